The number of carbonyl (C=O) groups excluding carboxylic acids is 1. The highest BCUT2D eigenvalue weighted by Crippen LogP contribution is 2.34. The van der Waals surface area contributed by atoms with E-state index in [4.69, 9.17) is 18.7 Å². The highest BCUT2D eigenvalue weighted by molar-refractivity contribution is 5.77. The monoisotopic (exact) mass is 400 g/mol. The average Bonchev–Trinajstić information content (AvgIpc) is 3.25. The Labute approximate surface area is 170 Å². The minimum absolute atomic E-state index is 0.151. The molecule has 1 fully saturated rings. The highest BCUT2D eigenvalue weighted by Gasteiger charge is 2.35. The minimum Gasteiger partial charge on any atom is -0.497 e. The molecule has 0 spiro atoms. The van der Waals surface area contributed by atoms with Gasteiger partial charge in [0.1, 0.15) is 11.5 Å². The summed E-state index contributed by atoms with van der Waals surface area (Å²) in [6, 6.07) is 8.09. The van der Waals surface area contributed by atoms with Crippen LogP contribution >= 0.6 is 0 Å². The summed E-state index contributed by atoms with van der Waals surface area (Å²) in [5, 5.41) is 3.81. The van der Waals surface area contributed by atoms with Gasteiger partial charge in [0.2, 0.25) is 5.91 Å². The molecule has 7 nitrogen and oxygen atoms in total. The minimum atomic E-state index is 0.151. The van der Waals surface area contributed by atoms with Crippen molar-refractivity contribution in [2.75, 3.05) is 27.4 Å². The van der Waals surface area contributed by atoms with Crippen LogP contribution in [0.4, 0.5) is 0 Å². The lowest BCUT2D eigenvalue weighted by atomic mass is 9.82. The molecule has 2 aliphatic rings. The average molecular weight is 400 g/mol. The molecule has 0 saturated carbocycles. The van der Waals surface area contributed by atoms with E-state index in [9.17, 15) is 4.79 Å². The lowest BCUT2D eigenvalue weighted by Crippen LogP contribution is -2.49. The van der Waals surface area contributed by atoms with Crippen LogP contribution in [0.2, 0.25) is 0 Å². The van der Waals surface area contributed by atoms with Crippen molar-refractivity contribution in [2.24, 2.45) is 5.92 Å². The number of nitrogens with zero attached hydrogens (tertiary/aromatic N) is 2. The third-order valence-corrected chi connectivity index (χ3v) is 6.05. The fraction of sp³-hybridized carbons (Fsp3) is 0.545. The Morgan fingerprint density at radius 2 is 2.00 bits per heavy atom. The number of aryl methyl sites for hydroxylation is 1. The van der Waals surface area contributed by atoms with Crippen LogP contribution in [0.25, 0.3) is 0 Å². The Morgan fingerprint density at radius 3 is 2.72 bits per heavy atom. The van der Waals surface area contributed by atoms with Crippen LogP contribution in [-0.2, 0) is 28.9 Å². The van der Waals surface area contributed by atoms with E-state index >= 15 is 0 Å². The molecule has 0 radical (unpaired) electrons. The zero-order valence-electron chi connectivity index (χ0n) is 17.1. The number of fused-ring (bicyclic) bond motifs is 1. The second kappa shape index (κ2) is 8.86. The molecule has 1 aromatic carbocycles. The number of ether oxygens (including phenoxy) is 3. The summed E-state index contributed by atoms with van der Waals surface area (Å²) in [6.07, 6.45) is 3.75. The predicted octanol–water partition coefficient (Wildman–Crippen LogP) is 3.00. The molecule has 1 aromatic heterocycles. The van der Waals surface area contributed by atoms with Crippen molar-refractivity contribution in [3.8, 4) is 11.6 Å². The topological polar surface area (TPSA) is 74.0 Å². The third-order valence-electron chi connectivity index (χ3n) is 6.05. The number of aromatic nitrogens is 1. The van der Waals surface area contributed by atoms with Crippen molar-refractivity contribution >= 4 is 5.91 Å². The van der Waals surface area contributed by atoms with E-state index in [1.165, 1.54) is 11.1 Å². The third kappa shape index (κ3) is 4.40. The first-order valence-corrected chi connectivity index (χ1v) is 10.2. The summed E-state index contributed by atoms with van der Waals surface area (Å²) in [4.78, 5) is 15.3. The van der Waals surface area contributed by atoms with Crippen LogP contribution in [0.15, 0.2) is 28.8 Å². The molecule has 0 N–H and O–H groups in total. The maximum Gasteiger partial charge on any atom is 0.254 e. The number of methoxy groups -OCH3 is 2. The number of amides is 1. The molecule has 1 unspecified atom stereocenters. The van der Waals surface area contributed by atoms with Gasteiger partial charge in [-0.2, -0.15) is 0 Å². The van der Waals surface area contributed by atoms with Gasteiger partial charge in [-0.15, -0.1) is 0 Å². The zero-order chi connectivity index (χ0) is 20.2. The molecule has 3 heterocycles. The van der Waals surface area contributed by atoms with Crippen molar-refractivity contribution < 1.29 is 23.5 Å². The van der Waals surface area contributed by atoms with Gasteiger partial charge in [-0.3, -0.25) is 4.79 Å². The summed E-state index contributed by atoms with van der Waals surface area (Å²) in [7, 11) is 3.24. The van der Waals surface area contributed by atoms with Gasteiger partial charge in [-0.1, -0.05) is 6.07 Å². The Kier molecular flexibility index (Phi) is 6.04. The molecule has 156 valence electrons. The molecule has 0 bridgehead atoms. The molecule has 29 heavy (non-hydrogen) atoms. The number of benzene rings is 1. The van der Waals surface area contributed by atoms with Crippen molar-refractivity contribution in [1.82, 2.24) is 10.1 Å². The van der Waals surface area contributed by atoms with Crippen molar-refractivity contribution in [2.45, 2.75) is 44.7 Å². The lowest BCUT2D eigenvalue weighted by Gasteiger charge is -2.42. The van der Waals surface area contributed by atoms with Crippen molar-refractivity contribution in [3.05, 3.63) is 41.2 Å². The smallest absolute Gasteiger partial charge is 0.254 e. The van der Waals surface area contributed by atoms with Gasteiger partial charge >= 0.3 is 0 Å². The van der Waals surface area contributed by atoms with Gasteiger partial charge in [0, 0.05) is 44.7 Å². The van der Waals surface area contributed by atoms with E-state index in [1.807, 2.05) is 6.07 Å². The predicted molar refractivity (Wildman–Crippen MR) is 106 cm³/mol. The summed E-state index contributed by atoms with van der Waals surface area (Å²) < 4.78 is 21.3. The molecular weight excluding hydrogens is 372 g/mol. The Bertz CT molecular complexity index is 843. The van der Waals surface area contributed by atoms with Crippen molar-refractivity contribution in [1.29, 1.82) is 0 Å². The van der Waals surface area contributed by atoms with Gasteiger partial charge in [0.05, 0.1) is 14.2 Å². The first-order valence-electron chi connectivity index (χ1n) is 10.2. The maximum atomic E-state index is 13.2. The van der Waals surface area contributed by atoms with E-state index in [0.717, 1.165) is 38.2 Å². The second-order valence-electron chi connectivity index (χ2n) is 7.71. The summed E-state index contributed by atoms with van der Waals surface area (Å²) in [6.45, 7) is 2.18. The first-order chi connectivity index (χ1) is 14.2. The largest absolute Gasteiger partial charge is 0.497 e. The maximum absolute atomic E-state index is 13.2. The number of carbonyl (C=O) groups is 1. The zero-order valence-corrected chi connectivity index (χ0v) is 17.1. The van der Waals surface area contributed by atoms with E-state index in [2.05, 4.69) is 22.2 Å². The standard InChI is InChI=1S/C22H28N2O5/c1-26-18-4-3-16-14-24(22(25)6-5-19-13-21(27-2)23-29-19)20(12-17(16)11-18)15-7-9-28-10-8-15/h3-4,11,13,15,20H,5-10,12,14H2,1-2H3. The van der Waals surface area contributed by atoms with Crippen LogP contribution in [-0.4, -0.2) is 49.4 Å². The molecular formula is C22H28N2O5. The number of rotatable bonds is 6. The quantitative estimate of drug-likeness (QED) is 0.742. The molecule has 0 aliphatic carbocycles. The fourth-order valence-electron chi connectivity index (χ4n) is 4.39. The van der Waals surface area contributed by atoms with E-state index in [0.29, 0.717) is 36.9 Å². The fourth-order valence-corrected chi connectivity index (χ4v) is 4.39. The van der Waals surface area contributed by atoms with Crippen LogP contribution in [0.1, 0.15) is 36.1 Å². The normalized spacial score (nSPS) is 19.7. The van der Waals surface area contributed by atoms with E-state index in [-0.39, 0.29) is 11.9 Å². The Balaban J connectivity index is 1.51. The summed E-state index contributed by atoms with van der Waals surface area (Å²) in [5.41, 5.74) is 2.48. The summed E-state index contributed by atoms with van der Waals surface area (Å²) >= 11 is 0. The Hall–Kier alpha value is -2.54. The highest BCUT2D eigenvalue weighted by atomic mass is 16.5. The Morgan fingerprint density at radius 1 is 1.17 bits per heavy atom. The van der Waals surface area contributed by atoms with Gasteiger partial charge < -0.3 is 23.6 Å². The van der Waals surface area contributed by atoms with Crippen molar-refractivity contribution in [3.63, 3.8) is 0 Å². The van der Waals surface area contributed by atoms with Crippen LogP contribution in [0.5, 0.6) is 11.6 Å². The molecule has 1 atom stereocenters. The van der Waals surface area contributed by atoms with Gasteiger partial charge in [-0.25, -0.2) is 0 Å². The lowest BCUT2D eigenvalue weighted by molar-refractivity contribution is -0.137. The van der Waals surface area contributed by atoms with Crippen LogP contribution in [0.3, 0.4) is 0 Å². The second-order valence-corrected chi connectivity index (χ2v) is 7.71. The molecule has 4 rings (SSSR count). The van der Waals surface area contributed by atoms with Crippen LogP contribution in [0, 0.1) is 5.92 Å². The SMILES string of the molecule is COc1ccc2c(c1)CC(C1CCOCC1)N(C(=O)CCc1cc(OC)no1)C2. The van der Waals surface area contributed by atoms with Crippen LogP contribution < -0.4 is 9.47 Å². The number of hydrogen-bond acceptors (Lipinski definition) is 6. The first kappa shape index (κ1) is 19.8. The molecule has 2 aliphatic heterocycles. The van der Waals surface area contributed by atoms with Gasteiger partial charge in [-0.05, 0) is 53.6 Å². The van der Waals surface area contributed by atoms with Gasteiger partial charge in [0.15, 0.2) is 0 Å². The summed E-state index contributed by atoms with van der Waals surface area (Å²) in [5.74, 6) is 2.58. The van der Waals surface area contributed by atoms with Gasteiger partial charge in [0.25, 0.3) is 5.88 Å². The molecule has 1 amide bonds. The molecule has 7 heteroatoms. The molecule has 2 aromatic rings. The number of hydrogen-bond donors (Lipinski definition) is 0. The van der Waals surface area contributed by atoms with E-state index in [1.54, 1.807) is 20.3 Å². The molecule has 1 saturated heterocycles. The van der Waals surface area contributed by atoms with E-state index < -0.39 is 0 Å².